The normalized spacial score (nSPS) is 15.5. The molecule has 0 aromatic heterocycles. The molecule has 0 aliphatic rings. The molecule has 69 heavy (non-hydrogen) atoms. The van der Waals surface area contributed by atoms with Gasteiger partial charge in [-0.05, 0) is 6.92 Å². The second kappa shape index (κ2) is 59.2. The van der Waals surface area contributed by atoms with E-state index in [4.69, 9.17) is 0 Å². The van der Waals surface area contributed by atoms with Gasteiger partial charge >= 0.3 is 0 Å². The van der Waals surface area contributed by atoms with E-state index in [2.05, 4.69) is 6.58 Å². The van der Waals surface area contributed by atoms with Crippen molar-refractivity contribution in [2.45, 2.75) is 6.92 Å². The molecule has 0 heterocycles. The van der Waals surface area contributed by atoms with E-state index >= 15 is 0 Å². The van der Waals surface area contributed by atoms with Gasteiger partial charge in [0, 0.05) is 0 Å². The lowest BCUT2D eigenvalue weighted by molar-refractivity contribution is 1.73. The summed E-state index contributed by atoms with van der Waals surface area (Å²) in [5.41, 5.74) is 0. The molecular weight excluding hydrogens is 829 g/mol. The molecule has 0 aromatic rings. The van der Waals surface area contributed by atoms with E-state index in [0.29, 0.717) is 0 Å². The lowest BCUT2D eigenvalue weighted by Crippen LogP contribution is -1.55. The van der Waals surface area contributed by atoms with Crippen molar-refractivity contribution in [3.8, 4) is 0 Å². The summed E-state index contributed by atoms with van der Waals surface area (Å²) in [4.78, 5) is 0. The minimum absolute atomic E-state index is 1.75. The van der Waals surface area contributed by atoms with Crippen molar-refractivity contribution in [2.75, 3.05) is 0 Å². The predicted molar refractivity (Wildman–Crippen MR) is 317 cm³/mol. The predicted octanol–water partition coefficient (Wildman–Crippen LogP) is 19.5. The highest BCUT2D eigenvalue weighted by Crippen LogP contribution is 1.92. The molecule has 0 atom stereocenters. The first-order valence-corrected chi connectivity index (χ1v) is 23.0. The van der Waals surface area contributed by atoms with Crippen LogP contribution < -0.4 is 0 Å². The van der Waals surface area contributed by atoms with Gasteiger partial charge < -0.3 is 0 Å². The van der Waals surface area contributed by atoms with Gasteiger partial charge in [-0.3, -0.25) is 0 Å². The zero-order valence-corrected chi connectivity index (χ0v) is 40.4. The minimum Gasteiger partial charge on any atom is -0.0991 e. The number of hydrogen-bond acceptors (Lipinski definition) is 0. The Hall–Kier alpha value is -8.84. The number of allylic oxidation sites excluding steroid dienone is 67. The molecule has 0 aromatic carbocycles. The highest BCUT2D eigenvalue weighted by Gasteiger charge is 1.70. The first kappa shape index (κ1) is 60.2. The van der Waals surface area contributed by atoms with Crippen molar-refractivity contribution in [2.24, 2.45) is 0 Å². The van der Waals surface area contributed by atoms with Gasteiger partial charge in [0.15, 0.2) is 0 Å². The molecule has 0 aliphatic heterocycles. The van der Waals surface area contributed by atoms with E-state index in [0.717, 1.165) is 0 Å². The fourth-order valence-corrected chi connectivity index (χ4v) is 4.23. The molecule has 0 radical (unpaired) electrons. The van der Waals surface area contributed by atoms with Crippen LogP contribution in [0.5, 0.6) is 0 Å². The summed E-state index contributed by atoms with van der Waals surface area (Å²) in [6.07, 6.45) is 133. The molecule has 0 nitrogen and oxygen atoms in total. The van der Waals surface area contributed by atoms with Crippen LogP contribution in [0.15, 0.2) is 414 Å². The lowest BCUT2D eigenvalue weighted by Gasteiger charge is -1.77. The van der Waals surface area contributed by atoms with Gasteiger partial charge in [-0.2, -0.15) is 0 Å². The van der Waals surface area contributed by atoms with Gasteiger partial charge in [0.25, 0.3) is 0 Å². The quantitative estimate of drug-likeness (QED) is 0.0576. The smallest absolute Gasteiger partial charge is 0.0467 e. The van der Waals surface area contributed by atoms with Gasteiger partial charge in [-0.25, -0.2) is 0 Å². The van der Waals surface area contributed by atoms with E-state index in [9.17, 15) is 0 Å². The maximum atomic E-state index is 3.63. The van der Waals surface area contributed by atoms with Crippen molar-refractivity contribution in [3.05, 3.63) is 414 Å². The fourth-order valence-electron chi connectivity index (χ4n) is 4.23. The minimum atomic E-state index is 1.75. The maximum absolute atomic E-state index is 3.63. The summed E-state index contributed by atoms with van der Waals surface area (Å²) in [6.45, 7) is 5.63. The molecule has 0 fully saturated rings. The third-order valence-corrected chi connectivity index (χ3v) is 7.44. The average Bonchev–Trinajstić information content (AvgIpc) is 3.36. The Morgan fingerprint density at radius 2 is 0.188 bits per heavy atom. The molecular formula is C69H72. The number of hydrogen-bond donors (Lipinski definition) is 0. The van der Waals surface area contributed by atoms with Crippen molar-refractivity contribution < 1.29 is 0 Å². The van der Waals surface area contributed by atoms with Crippen LogP contribution in [-0.2, 0) is 0 Å². The molecule has 0 aliphatic carbocycles. The summed E-state index contributed by atoms with van der Waals surface area (Å²) < 4.78 is 0. The topological polar surface area (TPSA) is 0 Å². The molecule has 0 saturated carbocycles. The van der Waals surface area contributed by atoms with Gasteiger partial charge in [-0.1, -0.05) is 414 Å². The van der Waals surface area contributed by atoms with Crippen LogP contribution >= 0.6 is 0 Å². The van der Waals surface area contributed by atoms with Crippen LogP contribution in [0.1, 0.15) is 6.92 Å². The second-order valence-corrected chi connectivity index (χ2v) is 13.1. The van der Waals surface area contributed by atoms with Gasteiger partial charge in [0.1, 0.15) is 0 Å². The lowest BCUT2D eigenvalue weighted by atomic mass is 10.3. The van der Waals surface area contributed by atoms with Crippen LogP contribution in [0.25, 0.3) is 0 Å². The fraction of sp³-hybridized carbons (Fsp3) is 0.0145. The van der Waals surface area contributed by atoms with Crippen molar-refractivity contribution in [1.29, 1.82) is 0 Å². The van der Waals surface area contributed by atoms with Crippen LogP contribution in [0.2, 0.25) is 0 Å². The van der Waals surface area contributed by atoms with E-state index in [-0.39, 0.29) is 0 Å². The first-order valence-electron chi connectivity index (χ1n) is 23.0. The Morgan fingerprint density at radius 3 is 0.261 bits per heavy atom. The van der Waals surface area contributed by atoms with Crippen LogP contribution in [0.4, 0.5) is 0 Å². The standard InChI is InChI=1S/C69H72/c1-3-5-7-9-11-13-15-17-19-21-23-25-27-29-31-33-35-37-39-41-43-45-47-49-51-53-55-57-59-61-63-65-67-69-68-66-64-62-60-58-56-54-52-50-48-46-44-42-40-38-36-34-32-30-28-26-24-22-20-18-16-14-12-10-8-6-4-2/h3-69H,1H2,2H3. The van der Waals surface area contributed by atoms with E-state index in [1.54, 1.807) is 6.08 Å². The maximum Gasteiger partial charge on any atom is -0.0467 e. The third kappa shape index (κ3) is 59.2. The highest BCUT2D eigenvalue weighted by atomic mass is 13.8. The Bertz CT molecular complexity index is 2350. The molecule has 0 rings (SSSR count). The van der Waals surface area contributed by atoms with Crippen LogP contribution in [0.3, 0.4) is 0 Å². The zero-order valence-electron chi connectivity index (χ0n) is 40.4. The molecule has 0 amide bonds. The first-order chi connectivity index (χ1) is 34.4. The SMILES string of the molecule is C=CC=CC=CC=CC=CC=CC=CC=CC=CC=CC=CC=CC=CC=CC=CC=CC=CC=CC=CC=CC=CC=CC=CC=CC=CC=CC=CC=CC=CC=CC=CC=CC=CC=CC. The van der Waals surface area contributed by atoms with Crippen molar-refractivity contribution in [3.63, 3.8) is 0 Å². The molecule has 0 heteroatoms. The second-order valence-electron chi connectivity index (χ2n) is 13.1. The Morgan fingerprint density at radius 1 is 0.116 bits per heavy atom. The molecule has 0 unspecified atom stereocenters. The molecule has 0 bridgehead atoms. The van der Waals surface area contributed by atoms with E-state index < -0.39 is 0 Å². The highest BCUT2D eigenvalue weighted by molar-refractivity contribution is 5.28. The summed E-state index contributed by atoms with van der Waals surface area (Å²) in [6, 6.07) is 0. The van der Waals surface area contributed by atoms with Gasteiger partial charge in [0.2, 0.25) is 0 Å². The summed E-state index contributed by atoms with van der Waals surface area (Å²) in [5, 5.41) is 0. The molecule has 0 spiro atoms. The molecule has 348 valence electrons. The van der Waals surface area contributed by atoms with Crippen molar-refractivity contribution in [1.82, 2.24) is 0 Å². The zero-order chi connectivity index (χ0) is 49.4. The Labute approximate surface area is 418 Å². The van der Waals surface area contributed by atoms with E-state index in [1.165, 1.54) is 0 Å². The number of rotatable bonds is 33. The molecule has 0 N–H and O–H groups in total. The molecule has 0 saturated heterocycles. The summed E-state index contributed by atoms with van der Waals surface area (Å²) in [5.74, 6) is 0. The third-order valence-electron chi connectivity index (χ3n) is 7.44. The summed E-state index contributed by atoms with van der Waals surface area (Å²) in [7, 11) is 0. The van der Waals surface area contributed by atoms with Gasteiger partial charge in [0.05, 0.1) is 0 Å². The summed E-state index contributed by atoms with van der Waals surface area (Å²) >= 11 is 0. The van der Waals surface area contributed by atoms with Crippen LogP contribution in [0, 0.1) is 0 Å². The monoisotopic (exact) mass is 901 g/mol. The van der Waals surface area contributed by atoms with Gasteiger partial charge in [-0.15, -0.1) is 0 Å². The average molecular weight is 901 g/mol. The largest absolute Gasteiger partial charge is 0.0991 e. The van der Waals surface area contributed by atoms with E-state index in [1.807, 2.05) is 408 Å². The van der Waals surface area contributed by atoms with Crippen molar-refractivity contribution >= 4 is 0 Å². The van der Waals surface area contributed by atoms with Crippen LogP contribution in [-0.4, -0.2) is 0 Å². The Kier molecular flexibility index (Phi) is 51.6. The Balaban J connectivity index is 4.09.